The Kier molecular flexibility index (Phi) is 4.17. The van der Waals surface area contributed by atoms with Gasteiger partial charge < -0.3 is 5.32 Å². The van der Waals surface area contributed by atoms with Crippen LogP contribution in [0.25, 0.3) is 0 Å². The van der Waals surface area contributed by atoms with Crippen LogP contribution in [0.5, 0.6) is 0 Å². The molecule has 0 aliphatic rings. The number of nitrogens with zero attached hydrogens (tertiary/aromatic N) is 1. The van der Waals surface area contributed by atoms with E-state index in [1.54, 1.807) is 18.3 Å². The smallest absolute Gasteiger partial charge is 0.258 e. The summed E-state index contributed by atoms with van der Waals surface area (Å²) >= 11 is 9.00. The molecule has 0 saturated carbocycles. The predicted molar refractivity (Wildman–Crippen MR) is 76.0 cm³/mol. The molecular weight excluding hydrogens is 335 g/mol. The van der Waals surface area contributed by atoms with Crippen LogP contribution in [-0.2, 0) is 0 Å². The SMILES string of the molecule is Cc1cnc(Cl)c(NC(=O)c2ccc(Br)cc2F)c1. The second-order valence-electron chi connectivity index (χ2n) is 3.93. The van der Waals surface area contributed by atoms with E-state index in [4.69, 9.17) is 11.6 Å². The van der Waals surface area contributed by atoms with E-state index in [1.807, 2.05) is 6.92 Å². The van der Waals surface area contributed by atoms with Crippen LogP contribution in [0.15, 0.2) is 34.9 Å². The fourth-order valence-corrected chi connectivity index (χ4v) is 1.99. The van der Waals surface area contributed by atoms with Gasteiger partial charge in [0, 0.05) is 10.7 Å². The van der Waals surface area contributed by atoms with Crippen LogP contribution in [-0.4, -0.2) is 10.9 Å². The molecule has 1 N–H and O–H groups in total. The molecule has 0 radical (unpaired) electrons. The van der Waals surface area contributed by atoms with E-state index in [1.165, 1.54) is 12.1 Å². The number of aryl methyl sites for hydroxylation is 1. The van der Waals surface area contributed by atoms with Gasteiger partial charge in [0.2, 0.25) is 0 Å². The minimum absolute atomic E-state index is 0.0548. The van der Waals surface area contributed by atoms with Gasteiger partial charge in [-0.15, -0.1) is 0 Å². The van der Waals surface area contributed by atoms with E-state index >= 15 is 0 Å². The standard InChI is InChI=1S/C13H9BrClFN2O/c1-7-4-11(12(15)17-6-7)18-13(19)9-3-2-8(14)5-10(9)16/h2-6H,1H3,(H,18,19). The highest BCUT2D eigenvalue weighted by atomic mass is 79.9. The molecule has 0 atom stereocenters. The molecule has 3 nitrogen and oxygen atoms in total. The van der Waals surface area contributed by atoms with E-state index in [2.05, 4.69) is 26.2 Å². The van der Waals surface area contributed by atoms with E-state index in [-0.39, 0.29) is 10.7 Å². The van der Waals surface area contributed by atoms with Crippen LogP contribution in [0.3, 0.4) is 0 Å². The number of aromatic nitrogens is 1. The molecular formula is C13H9BrClFN2O. The Morgan fingerprint density at radius 3 is 2.84 bits per heavy atom. The highest BCUT2D eigenvalue weighted by Crippen LogP contribution is 2.22. The number of amides is 1. The summed E-state index contributed by atoms with van der Waals surface area (Å²) in [5, 5.41) is 2.70. The Bertz CT molecular complexity index is 649. The Hall–Kier alpha value is -1.46. The van der Waals surface area contributed by atoms with Gasteiger partial charge in [0.1, 0.15) is 5.82 Å². The van der Waals surface area contributed by atoms with Gasteiger partial charge in [0.05, 0.1) is 11.3 Å². The number of halogens is 3. The first-order valence-corrected chi connectivity index (χ1v) is 6.53. The van der Waals surface area contributed by atoms with Gasteiger partial charge in [-0.05, 0) is 36.8 Å². The summed E-state index contributed by atoms with van der Waals surface area (Å²) in [5.74, 6) is -1.18. The van der Waals surface area contributed by atoms with Crippen molar-refractivity contribution in [3.8, 4) is 0 Å². The second-order valence-corrected chi connectivity index (χ2v) is 5.20. The third-order valence-corrected chi connectivity index (χ3v) is 3.19. The minimum Gasteiger partial charge on any atom is -0.319 e. The van der Waals surface area contributed by atoms with Crippen LogP contribution in [0.1, 0.15) is 15.9 Å². The zero-order valence-corrected chi connectivity index (χ0v) is 12.2. The first-order valence-electron chi connectivity index (χ1n) is 5.36. The number of nitrogens with one attached hydrogen (secondary N) is 1. The number of rotatable bonds is 2. The van der Waals surface area contributed by atoms with Gasteiger partial charge in [-0.3, -0.25) is 4.79 Å². The molecule has 1 amide bonds. The second kappa shape index (κ2) is 5.67. The maximum absolute atomic E-state index is 13.6. The van der Waals surface area contributed by atoms with Crippen molar-refractivity contribution in [3.63, 3.8) is 0 Å². The Labute approximate surface area is 122 Å². The average molecular weight is 344 g/mol. The number of carbonyl (C=O) groups excluding carboxylic acids is 1. The number of carbonyl (C=O) groups is 1. The summed E-state index contributed by atoms with van der Waals surface area (Å²) < 4.78 is 14.2. The molecule has 1 heterocycles. The zero-order chi connectivity index (χ0) is 14.0. The van der Waals surface area contributed by atoms with Crippen molar-refractivity contribution in [1.82, 2.24) is 4.98 Å². The van der Waals surface area contributed by atoms with Crippen molar-refractivity contribution in [2.45, 2.75) is 6.92 Å². The fraction of sp³-hybridized carbons (Fsp3) is 0.0769. The summed E-state index contributed by atoms with van der Waals surface area (Å²) in [6, 6.07) is 5.88. The molecule has 0 unspecified atom stereocenters. The van der Waals surface area contributed by atoms with Gasteiger partial charge in [0.25, 0.3) is 5.91 Å². The average Bonchev–Trinajstić information content (AvgIpc) is 2.33. The molecule has 0 bridgehead atoms. The van der Waals surface area contributed by atoms with Crippen molar-refractivity contribution in [1.29, 1.82) is 0 Å². The third-order valence-electron chi connectivity index (χ3n) is 2.40. The highest BCUT2D eigenvalue weighted by Gasteiger charge is 2.14. The molecule has 2 rings (SSSR count). The molecule has 1 aromatic heterocycles. The maximum Gasteiger partial charge on any atom is 0.258 e. The lowest BCUT2D eigenvalue weighted by Crippen LogP contribution is -2.14. The van der Waals surface area contributed by atoms with Crippen LogP contribution < -0.4 is 5.32 Å². The summed E-state index contributed by atoms with van der Waals surface area (Å²) in [6.45, 7) is 1.82. The highest BCUT2D eigenvalue weighted by molar-refractivity contribution is 9.10. The molecule has 0 saturated heterocycles. The summed E-state index contributed by atoms with van der Waals surface area (Å²) in [4.78, 5) is 15.9. The first kappa shape index (κ1) is 14.0. The number of benzene rings is 1. The number of hydrogen-bond donors (Lipinski definition) is 1. The molecule has 0 fully saturated rings. The van der Waals surface area contributed by atoms with Gasteiger partial charge >= 0.3 is 0 Å². The lowest BCUT2D eigenvalue weighted by Gasteiger charge is -2.08. The number of hydrogen-bond acceptors (Lipinski definition) is 2. The lowest BCUT2D eigenvalue weighted by atomic mass is 10.2. The Morgan fingerprint density at radius 1 is 1.42 bits per heavy atom. The number of anilines is 1. The van der Waals surface area contributed by atoms with Crippen molar-refractivity contribution < 1.29 is 9.18 Å². The van der Waals surface area contributed by atoms with Crippen molar-refractivity contribution in [2.24, 2.45) is 0 Å². The van der Waals surface area contributed by atoms with Crippen molar-refractivity contribution in [2.75, 3.05) is 5.32 Å². The Morgan fingerprint density at radius 2 is 2.16 bits per heavy atom. The molecule has 0 aliphatic heterocycles. The van der Waals surface area contributed by atoms with Crippen LogP contribution >= 0.6 is 27.5 Å². The number of pyridine rings is 1. The third kappa shape index (κ3) is 3.30. The predicted octanol–water partition coefficient (Wildman–Crippen LogP) is 4.20. The van der Waals surface area contributed by atoms with Crippen LogP contribution in [0.2, 0.25) is 5.15 Å². The molecule has 0 spiro atoms. The topological polar surface area (TPSA) is 42.0 Å². The van der Waals surface area contributed by atoms with Gasteiger partial charge in [-0.2, -0.15) is 0 Å². The monoisotopic (exact) mass is 342 g/mol. The minimum atomic E-state index is -0.608. The van der Waals surface area contributed by atoms with Gasteiger partial charge in [-0.1, -0.05) is 27.5 Å². The summed E-state index contributed by atoms with van der Waals surface area (Å²) in [6.07, 6.45) is 1.58. The van der Waals surface area contributed by atoms with E-state index in [0.29, 0.717) is 10.2 Å². The van der Waals surface area contributed by atoms with Gasteiger partial charge in [0.15, 0.2) is 5.15 Å². The first-order chi connectivity index (χ1) is 8.97. The molecule has 0 aliphatic carbocycles. The van der Waals surface area contributed by atoms with E-state index < -0.39 is 11.7 Å². The summed E-state index contributed by atoms with van der Waals surface area (Å²) in [7, 11) is 0. The largest absolute Gasteiger partial charge is 0.319 e. The molecule has 1 aromatic carbocycles. The van der Waals surface area contributed by atoms with Crippen LogP contribution in [0, 0.1) is 12.7 Å². The molecule has 98 valence electrons. The van der Waals surface area contributed by atoms with Crippen molar-refractivity contribution >= 4 is 39.1 Å². The quantitative estimate of drug-likeness (QED) is 0.831. The lowest BCUT2D eigenvalue weighted by molar-refractivity contribution is 0.102. The fourth-order valence-electron chi connectivity index (χ4n) is 1.50. The zero-order valence-electron chi connectivity index (χ0n) is 9.88. The molecule has 6 heteroatoms. The molecule has 19 heavy (non-hydrogen) atoms. The summed E-state index contributed by atoms with van der Waals surface area (Å²) in [5.41, 5.74) is 1.14. The molecule has 2 aromatic rings. The Balaban J connectivity index is 2.28. The van der Waals surface area contributed by atoms with Gasteiger partial charge in [-0.25, -0.2) is 9.37 Å². The van der Waals surface area contributed by atoms with E-state index in [0.717, 1.165) is 5.56 Å². The van der Waals surface area contributed by atoms with Crippen molar-refractivity contribution in [3.05, 3.63) is 57.0 Å². The van der Waals surface area contributed by atoms with Crippen LogP contribution in [0.4, 0.5) is 10.1 Å². The maximum atomic E-state index is 13.6. The van der Waals surface area contributed by atoms with E-state index in [9.17, 15) is 9.18 Å². The normalized spacial score (nSPS) is 10.3.